The lowest BCUT2D eigenvalue weighted by Gasteiger charge is -2.11. The van der Waals surface area contributed by atoms with Crippen molar-refractivity contribution in [2.75, 3.05) is 0 Å². The van der Waals surface area contributed by atoms with Gasteiger partial charge in [-0.05, 0) is 13.0 Å². The highest BCUT2D eigenvalue weighted by atomic mass is 35.5. The first-order valence-electron chi connectivity index (χ1n) is 7.05. The van der Waals surface area contributed by atoms with Crippen LogP contribution in [-0.4, -0.2) is 26.0 Å². The summed E-state index contributed by atoms with van der Waals surface area (Å²) in [5.74, 6) is -0.435. The van der Waals surface area contributed by atoms with Crippen LogP contribution in [-0.2, 0) is 6.54 Å². The fraction of sp³-hybridized carbons (Fsp3) is 0.267. The quantitative estimate of drug-likeness (QED) is 0.721. The number of nitrogens with zero attached hydrogens (tertiary/aromatic N) is 4. The zero-order valence-corrected chi connectivity index (χ0v) is 13.2. The summed E-state index contributed by atoms with van der Waals surface area (Å²) >= 11 is 6.17. The Hall–Kier alpha value is -2.35. The Balaban J connectivity index is 2.09. The zero-order chi connectivity index (χ0) is 17.4. The molecule has 0 aliphatic rings. The van der Waals surface area contributed by atoms with E-state index in [2.05, 4.69) is 10.2 Å². The summed E-state index contributed by atoms with van der Waals surface area (Å²) < 4.78 is 41.3. The third-order valence-electron chi connectivity index (χ3n) is 3.67. The number of rotatable bonds is 4. The molecule has 126 valence electrons. The van der Waals surface area contributed by atoms with Gasteiger partial charge in [0.05, 0.1) is 18.1 Å². The van der Waals surface area contributed by atoms with Crippen molar-refractivity contribution in [1.29, 1.82) is 0 Å². The van der Waals surface area contributed by atoms with E-state index in [-0.39, 0.29) is 22.6 Å². The van der Waals surface area contributed by atoms with Gasteiger partial charge < -0.3 is 0 Å². The van der Waals surface area contributed by atoms with Gasteiger partial charge in [0.15, 0.2) is 5.52 Å². The molecule has 0 N–H and O–H groups in total. The SMILES string of the molecule is CC(C(F)F)n1ncc2c(Cl)n(Cc3ccccc3F)nc2c1=O. The molecule has 2 heterocycles. The second kappa shape index (κ2) is 6.27. The Morgan fingerprint density at radius 2 is 2.00 bits per heavy atom. The molecule has 0 bridgehead atoms. The average Bonchev–Trinajstić information content (AvgIpc) is 2.87. The Kier molecular flexibility index (Phi) is 4.31. The summed E-state index contributed by atoms with van der Waals surface area (Å²) in [4.78, 5) is 12.3. The maximum atomic E-state index is 13.8. The summed E-state index contributed by atoms with van der Waals surface area (Å²) in [6, 6.07) is 4.68. The van der Waals surface area contributed by atoms with E-state index >= 15 is 0 Å². The Labute approximate surface area is 139 Å². The number of hydrogen-bond acceptors (Lipinski definition) is 3. The highest BCUT2D eigenvalue weighted by Crippen LogP contribution is 2.23. The number of aromatic nitrogens is 4. The van der Waals surface area contributed by atoms with Crippen molar-refractivity contribution in [3.05, 3.63) is 57.3 Å². The normalized spacial score (nSPS) is 12.9. The predicted octanol–water partition coefficient (Wildman–Crippen LogP) is 3.26. The minimum absolute atomic E-state index is 0.00400. The van der Waals surface area contributed by atoms with E-state index in [0.717, 1.165) is 0 Å². The van der Waals surface area contributed by atoms with Gasteiger partial charge in [0.25, 0.3) is 12.0 Å². The summed E-state index contributed by atoms with van der Waals surface area (Å²) in [5.41, 5.74) is -0.519. The van der Waals surface area contributed by atoms with Crippen LogP contribution in [0.25, 0.3) is 10.9 Å². The summed E-state index contributed by atoms with van der Waals surface area (Å²) in [6.07, 6.45) is -1.54. The minimum atomic E-state index is -2.75. The average molecular weight is 357 g/mol. The minimum Gasteiger partial charge on any atom is -0.265 e. The summed E-state index contributed by atoms with van der Waals surface area (Å²) in [6.45, 7) is 1.19. The molecular weight excluding hydrogens is 345 g/mol. The Bertz CT molecular complexity index is 954. The number of alkyl halides is 2. The molecule has 0 saturated carbocycles. The third-order valence-corrected chi connectivity index (χ3v) is 4.07. The van der Waals surface area contributed by atoms with Crippen LogP contribution in [0.3, 0.4) is 0 Å². The van der Waals surface area contributed by atoms with Gasteiger partial charge >= 0.3 is 0 Å². The van der Waals surface area contributed by atoms with Gasteiger partial charge in [0, 0.05) is 5.56 Å². The standard InChI is InChI=1S/C15H12ClF3N4O/c1-8(14(18)19)23-15(24)12-10(6-20-23)13(16)22(21-12)7-9-4-2-3-5-11(9)17/h2-6,8,14H,7H2,1H3. The van der Waals surface area contributed by atoms with Crippen molar-refractivity contribution in [2.24, 2.45) is 0 Å². The number of fused-ring (bicyclic) bond motifs is 1. The topological polar surface area (TPSA) is 52.7 Å². The fourth-order valence-electron chi connectivity index (χ4n) is 2.30. The zero-order valence-electron chi connectivity index (χ0n) is 12.5. The van der Waals surface area contributed by atoms with Crippen LogP contribution in [0.15, 0.2) is 35.3 Å². The molecule has 0 spiro atoms. The summed E-state index contributed by atoms with van der Waals surface area (Å²) in [7, 11) is 0. The molecule has 5 nitrogen and oxygen atoms in total. The van der Waals surface area contributed by atoms with Crippen LogP contribution in [0.5, 0.6) is 0 Å². The van der Waals surface area contributed by atoms with Gasteiger partial charge in [-0.2, -0.15) is 10.2 Å². The molecule has 9 heteroatoms. The summed E-state index contributed by atoms with van der Waals surface area (Å²) in [5, 5.41) is 8.11. The lowest BCUT2D eigenvalue weighted by atomic mass is 10.2. The van der Waals surface area contributed by atoms with Crippen LogP contribution < -0.4 is 5.56 Å². The largest absolute Gasteiger partial charge is 0.295 e. The van der Waals surface area contributed by atoms with E-state index in [9.17, 15) is 18.0 Å². The molecule has 0 aliphatic carbocycles. The molecule has 2 aromatic heterocycles. The van der Waals surface area contributed by atoms with Crippen LogP contribution in [0, 0.1) is 5.82 Å². The lowest BCUT2D eigenvalue weighted by molar-refractivity contribution is 0.0832. The number of halogens is 4. The lowest BCUT2D eigenvalue weighted by Crippen LogP contribution is -2.29. The highest BCUT2D eigenvalue weighted by molar-refractivity contribution is 6.34. The van der Waals surface area contributed by atoms with E-state index in [1.807, 2.05) is 0 Å². The molecular formula is C15H12ClF3N4O. The molecule has 0 amide bonds. The molecule has 3 aromatic rings. The third kappa shape index (κ3) is 2.77. The molecule has 0 saturated heterocycles. The Morgan fingerprint density at radius 3 is 2.67 bits per heavy atom. The number of hydrogen-bond donors (Lipinski definition) is 0. The van der Waals surface area contributed by atoms with Crippen molar-refractivity contribution in [3.8, 4) is 0 Å². The highest BCUT2D eigenvalue weighted by Gasteiger charge is 2.22. The van der Waals surface area contributed by atoms with Crippen LogP contribution in [0.4, 0.5) is 13.2 Å². The van der Waals surface area contributed by atoms with E-state index in [0.29, 0.717) is 10.2 Å². The van der Waals surface area contributed by atoms with Crippen molar-refractivity contribution >= 4 is 22.5 Å². The fourth-order valence-corrected chi connectivity index (χ4v) is 2.53. The first-order valence-corrected chi connectivity index (χ1v) is 7.43. The molecule has 0 aliphatic heterocycles. The predicted molar refractivity (Wildman–Crippen MR) is 83.0 cm³/mol. The second-order valence-corrected chi connectivity index (χ2v) is 5.63. The maximum absolute atomic E-state index is 13.8. The first-order chi connectivity index (χ1) is 11.4. The van der Waals surface area contributed by atoms with Crippen LogP contribution in [0.2, 0.25) is 5.15 Å². The van der Waals surface area contributed by atoms with E-state index in [1.54, 1.807) is 18.2 Å². The van der Waals surface area contributed by atoms with E-state index in [1.165, 1.54) is 23.9 Å². The molecule has 0 fully saturated rings. The van der Waals surface area contributed by atoms with Crippen LogP contribution in [0.1, 0.15) is 18.5 Å². The van der Waals surface area contributed by atoms with Gasteiger partial charge in [-0.1, -0.05) is 29.8 Å². The van der Waals surface area contributed by atoms with Crippen molar-refractivity contribution in [2.45, 2.75) is 25.9 Å². The van der Waals surface area contributed by atoms with Gasteiger partial charge in [-0.15, -0.1) is 0 Å². The number of benzene rings is 1. The molecule has 0 radical (unpaired) electrons. The van der Waals surface area contributed by atoms with Gasteiger partial charge in [-0.3, -0.25) is 4.79 Å². The molecule has 1 unspecified atom stereocenters. The van der Waals surface area contributed by atoms with Gasteiger partial charge in [-0.25, -0.2) is 22.5 Å². The first kappa shape index (κ1) is 16.5. The van der Waals surface area contributed by atoms with Crippen LogP contribution >= 0.6 is 11.6 Å². The van der Waals surface area contributed by atoms with Crippen molar-refractivity contribution in [3.63, 3.8) is 0 Å². The monoisotopic (exact) mass is 356 g/mol. The van der Waals surface area contributed by atoms with Crippen molar-refractivity contribution < 1.29 is 13.2 Å². The maximum Gasteiger partial charge on any atom is 0.295 e. The van der Waals surface area contributed by atoms with E-state index < -0.39 is 23.8 Å². The second-order valence-electron chi connectivity index (χ2n) is 5.27. The smallest absolute Gasteiger partial charge is 0.265 e. The van der Waals surface area contributed by atoms with E-state index in [4.69, 9.17) is 11.6 Å². The molecule has 1 aromatic carbocycles. The van der Waals surface area contributed by atoms with Gasteiger partial charge in [0.2, 0.25) is 0 Å². The Morgan fingerprint density at radius 1 is 1.29 bits per heavy atom. The molecule has 24 heavy (non-hydrogen) atoms. The van der Waals surface area contributed by atoms with Gasteiger partial charge in [0.1, 0.15) is 17.0 Å². The molecule has 1 atom stereocenters. The van der Waals surface area contributed by atoms with Crippen molar-refractivity contribution in [1.82, 2.24) is 19.6 Å². The molecule has 3 rings (SSSR count).